The molecule has 3 rings (SSSR count). The Labute approximate surface area is 113 Å². The number of hydrogen-bond acceptors (Lipinski definition) is 2. The molecule has 3 nitrogen and oxygen atoms in total. The van der Waals surface area contributed by atoms with E-state index in [-0.39, 0.29) is 5.75 Å². The van der Waals surface area contributed by atoms with E-state index in [0.29, 0.717) is 0 Å². The molecule has 3 aromatic rings. The number of aryl methyl sites for hydroxylation is 1. The van der Waals surface area contributed by atoms with Gasteiger partial charge in [-0.3, -0.25) is 0 Å². The van der Waals surface area contributed by atoms with Gasteiger partial charge in [0.1, 0.15) is 11.4 Å². The first-order valence-electron chi connectivity index (χ1n) is 5.58. The maximum absolute atomic E-state index is 9.28. The lowest BCUT2D eigenvalue weighted by molar-refractivity contribution is 0.475. The highest BCUT2D eigenvalue weighted by molar-refractivity contribution is 9.10. The van der Waals surface area contributed by atoms with Gasteiger partial charge in [0.2, 0.25) is 0 Å². The summed E-state index contributed by atoms with van der Waals surface area (Å²) in [5.74, 6) is 0.265. The normalized spacial score (nSPS) is 11.0. The quantitative estimate of drug-likeness (QED) is 0.743. The molecule has 1 aromatic carbocycles. The minimum atomic E-state index is 0.265. The van der Waals surface area contributed by atoms with Gasteiger partial charge < -0.3 is 9.51 Å². The van der Waals surface area contributed by atoms with Crippen molar-refractivity contribution >= 4 is 21.6 Å². The smallest absolute Gasteiger partial charge is 0.137 e. The molecule has 0 spiro atoms. The summed E-state index contributed by atoms with van der Waals surface area (Å²) in [6, 6.07) is 9.09. The highest BCUT2D eigenvalue weighted by Gasteiger charge is 2.06. The number of aromatic nitrogens is 2. The Hall–Kier alpha value is -1.81. The molecule has 0 unspecified atom stereocenters. The Bertz CT molecular complexity index is 677. The third kappa shape index (κ3) is 1.88. The molecule has 2 heterocycles. The molecule has 4 heteroatoms. The number of aromatic hydroxyl groups is 1. The maximum Gasteiger partial charge on any atom is 0.137 e. The largest absolute Gasteiger partial charge is 0.508 e. The second-order valence-electron chi connectivity index (χ2n) is 4.24. The molecule has 0 atom stereocenters. The summed E-state index contributed by atoms with van der Waals surface area (Å²) in [4.78, 5) is 4.58. The van der Waals surface area contributed by atoms with Gasteiger partial charge in [0.05, 0.1) is 5.69 Å². The topological polar surface area (TPSA) is 37.5 Å². The van der Waals surface area contributed by atoms with E-state index in [9.17, 15) is 5.11 Å². The first kappa shape index (κ1) is 11.3. The van der Waals surface area contributed by atoms with Crippen LogP contribution in [0.3, 0.4) is 0 Å². The number of pyridine rings is 1. The van der Waals surface area contributed by atoms with Gasteiger partial charge in [-0.2, -0.15) is 0 Å². The van der Waals surface area contributed by atoms with Crippen LogP contribution in [0.5, 0.6) is 5.75 Å². The van der Waals surface area contributed by atoms with E-state index < -0.39 is 0 Å². The van der Waals surface area contributed by atoms with Crippen LogP contribution in [0.4, 0.5) is 0 Å². The average molecular weight is 303 g/mol. The van der Waals surface area contributed by atoms with E-state index in [0.717, 1.165) is 26.9 Å². The molecule has 0 bridgehead atoms. The van der Waals surface area contributed by atoms with Gasteiger partial charge in [-0.1, -0.05) is 0 Å². The fourth-order valence-corrected chi connectivity index (χ4v) is 2.21. The van der Waals surface area contributed by atoms with Crippen molar-refractivity contribution in [2.45, 2.75) is 6.92 Å². The zero-order valence-electron chi connectivity index (χ0n) is 9.76. The summed E-state index contributed by atoms with van der Waals surface area (Å²) in [6.45, 7) is 2.04. The van der Waals surface area contributed by atoms with Gasteiger partial charge in [-0.05, 0) is 58.7 Å². The zero-order chi connectivity index (χ0) is 12.7. The Kier molecular flexibility index (Phi) is 2.59. The molecule has 2 aromatic heterocycles. The van der Waals surface area contributed by atoms with Crippen LogP contribution in [-0.4, -0.2) is 14.5 Å². The molecular formula is C14H11BrN2O. The van der Waals surface area contributed by atoms with Gasteiger partial charge in [-0.15, -0.1) is 0 Å². The molecule has 0 saturated carbocycles. The van der Waals surface area contributed by atoms with Crippen molar-refractivity contribution in [3.63, 3.8) is 0 Å². The van der Waals surface area contributed by atoms with E-state index in [1.165, 1.54) is 0 Å². The second-order valence-corrected chi connectivity index (χ2v) is 5.10. The Balaban J connectivity index is 2.16. The van der Waals surface area contributed by atoms with Crippen LogP contribution in [0, 0.1) is 6.92 Å². The molecule has 1 N–H and O–H groups in total. The molecular weight excluding hydrogens is 292 g/mol. The molecule has 0 radical (unpaired) electrons. The lowest BCUT2D eigenvalue weighted by atomic mass is 10.2. The van der Waals surface area contributed by atoms with Crippen molar-refractivity contribution in [3.8, 4) is 17.0 Å². The summed E-state index contributed by atoms with van der Waals surface area (Å²) in [5.41, 5.74) is 3.96. The molecule has 0 aliphatic heterocycles. The predicted octanol–water partition coefficient (Wildman–Crippen LogP) is 3.78. The fraction of sp³-hybridized carbons (Fsp3) is 0.0714. The number of benzene rings is 1. The summed E-state index contributed by atoms with van der Waals surface area (Å²) in [7, 11) is 0. The van der Waals surface area contributed by atoms with Crippen LogP contribution in [0.15, 0.2) is 47.2 Å². The van der Waals surface area contributed by atoms with E-state index in [1.54, 1.807) is 12.1 Å². The predicted molar refractivity (Wildman–Crippen MR) is 74.7 cm³/mol. The first-order valence-corrected chi connectivity index (χ1v) is 6.37. The lowest BCUT2D eigenvalue weighted by Gasteiger charge is -1.98. The molecule has 0 fully saturated rings. The highest BCUT2D eigenvalue weighted by Crippen LogP contribution is 2.24. The van der Waals surface area contributed by atoms with Crippen molar-refractivity contribution in [1.82, 2.24) is 9.38 Å². The van der Waals surface area contributed by atoms with Crippen molar-refractivity contribution < 1.29 is 5.11 Å². The van der Waals surface area contributed by atoms with Crippen LogP contribution >= 0.6 is 15.9 Å². The SMILES string of the molecule is Cc1cc2nc(-c3ccc(O)cc3)cn2cc1Br. The van der Waals surface area contributed by atoms with Crippen molar-refractivity contribution in [3.05, 3.63) is 52.8 Å². The van der Waals surface area contributed by atoms with Crippen LogP contribution in [-0.2, 0) is 0 Å². The summed E-state index contributed by atoms with van der Waals surface area (Å²) >= 11 is 3.51. The van der Waals surface area contributed by atoms with E-state index in [1.807, 2.05) is 41.9 Å². The van der Waals surface area contributed by atoms with Gasteiger partial charge in [0.25, 0.3) is 0 Å². The van der Waals surface area contributed by atoms with Crippen LogP contribution in [0.1, 0.15) is 5.56 Å². The van der Waals surface area contributed by atoms with Gasteiger partial charge in [0, 0.05) is 22.4 Å². The Morgan fingerprint density at radius 2 is 1.89 bits per heavy atom. The third-order valence-corrected chi connectivity index (χ3v) is 3.73. The summed E-state index contributed by atoms with van der Waals surface area (Å²) in [5, 5.41) is 9.28. The third-order valence-electron chi connectivity index (χ3n) is 2.90. The number of hydrogen-bond donors (Lipinski definition) is 1. The molecule has 0 amide bonds. The van der Waals surface area contributed by atoms with E-state index in [4.69, 9.17) is 0 Å². The van der Waals surface area contributed by atoms with Crippen LogP contribution in [0.25, 0.3) is 16.9 Å². The van der Waals surface area contributed by atoms with Crippen LogP contribution < -0.4 is 0 Å². The molecule has 0 aliphatic carbocycles. The molecule has 90 valence electrons. The zero-order valence-corrected chi connectivity index (χ0v) is 11.3. The maximum atomic E-state index is 9.28. The van der Waals surface area contributed by atoms with Gasteiger partial charge >= 0.3 is 0 Å². The number of imidazole rings is 1. The van der Waals surface area contributed by atoms with E-state index >= 15 is 0 Å². The molecule has 0 aliphatic rings. The first-order chi connectivity index (χ1) is 8.63. The number of fused-ring (bicyclic) bond motifs is 1. The van der Waals surface area contributed by atoms with Crippen molar-refractivity contribution in [1.29, 1.82) is 0 Å². The number of nitrogens with zero attached hydrogens (tertiary/aromatic N) is 2. The fourth-order valence-electron chi connectivity index (χ4n) is 1.88. The molecule has 18 heavy (non-hydrogen) atoms. The lowest BCUT2D eigenvalue weighted by Crippen LogP contribution is -1.85. The number of phenols is 1. The van der Waals surface area contributed by atoms with E-state index in [2.05, 4.69) is 20.9 Å². The highest BCUT2D eigenvalue weighted by atomic mass is 79.9. The monoisotopic (exact) mass is 302 g/mol. The minimum Gasteiger partial charge on any atom is -0.508 e. The van der Waals surface area contributed by atoms with Gasteiger partial charge in [0.15, 0.2) is 0 Å². The van der Waals surface area contributed by atoms with Gasteiger partial charge in [-0.25, -0.2) is 4.98 Å². The Morgan fingerprint density at radius 3 is 2.61 bits per heavy atom. The van der Waals surface area contributed by atoms with Crippen molar-refractivity contribution in [2.24, 2.45) is 0 Å². The average Bonchev–Trinajstić information content (AvgIpc) is 2.73. The Morgan fingerprint density at radius 1 is 1.17 bits per heavy atom. The number of rotatable bonds is 1. The number of phenolic OH excluding ortho intramolecular Hbond substituents is 1. The minimum absolute atomic E-state index is 0.265. The summed E-state index contributed by atoms with van der Waals surface area (Å²) in [6.07, 6.45) is 3.98. The second kappa shape index (κ2) is 4.14. The van der Waals surface area contributed by atoms with Crippen LogP contribution in [0.2, 0.25) is 0 Å². The molecule has 0 saturated heterocycles. The standard InChI is InChI=1S/C14H11BrN2O/c1-9-6-14-16-13(8-17(14)7-12(9)15)10-2-4-11(18)5-3-10/h2-8,18H,1H3. The van der Waals surface area contributed by atoms with Crippen molar-refractivity contribution in [2.75, 3.05) is 0 Å². The summed E-state index contributed by atoms with van der Waals surface area (Å²) < 4.78 is 3.05. The number of halogens is 1.